The predicted molar refractivity (Wildman–Crippen MR) is 63.8 cm³/mol. The number of hydrogen-bond acceptors (Lipinski definition) is 1. The molecule has 2 aromatic rings. The van der Waals surface area contributed by atoms with Crippen molar-refractivity contribution in [3.05, 3.63) is 35.0 Å². The number of rotatable bonds is 2. The summed E-state index contributed by atoms with van der Waals surface area (Å²) in [5, 5.41) is 4.59. The van der Waals surface area contributed by atoms with Crippen LogP contribution in [0.25, 0.3) is 10.9 Å². The normalized spacial score (nSPS) is 15.3. The highest BCUT2D eigenvalue weighted by atomic mass is 35.5. The van der Waals surface area contributed by atoms with Crippen molar-refractivity contribution in [3.63, 3.8) is 0 Å². The zero-order valence-electron chi connectivity index (χ0n) is 8.59. The highest BCUT2D eigenvalue weighted by Gasteiger charge is 2.24. The number of H-pyrrole nitrogens is 1. The molecule has 3 rings (SSSR count). The summed E-state index contributed by atoms with van der Waals surface area (Å²) >= 11 is 5.89. The monoisotopic (exact) mass is 234 g/mol. The molecule has 16 heavy (non-hydrogen) atoms. The van der Waals surface area contributed by atoms with Gasteiger partial charge in [0.25, 0.3) is 5.91 Å². The van der Waals surface area contributed by atoms with E-state index >= 15 is 0 Å². The Morgan fingerprint density at radius 3 is 2.94 bits per heavy atom. The van der Waals surface area contributed by atoms with Crippen molar-refractivity contribution >= 4 is 28.4 Å². The molecule has 4 heteroatoms. The van der Waals surface area contributed by atoms with Gasteiger partial charge in [-0.2, -0.15) is 0 Å². The molecule has 0 saturated heterocycles. The summed E-state index contributed by atoms with van der Waals surface area (Å²) in [5.41, 5.74) is 1.54. The van der Waals surface area contributed by atoms with Crippen LogP contribution >= 0.6 is 11.6 Å². The standard InChI is InChI=1S/C12H11ClN2O/c13-8-1-4-10-7(5-8)6-11(15-10)12(16)14-9-2-3-9/h1,4-6,9,15H,2-3H2,(H,14,16). The van der Waals surface area contributed by atoms with Crippen LogP contribution in [-0.2, 0) is 0 Å². The summed E-state index contributed by atoms with van der Waals surface area (Å²) in [5.74, 6) is -0.0326. The van der Waals surface area contributed by atoms with E-state index in [2.05, 4.69) is 10.3 Å². The zero-order valence-corrected chi connectivity index (χ0v) is 9.34. The van der Waals surface area contributed by atoms with Crippen LogP contribution in [-0.4, -0.2) is 16.9 Å². The van der Waals surface area contributed by atoms with Crippen LogP contribution in [0.2, 0.25) is 5.02 Å². The zero-order chi connectivity index (χ0) is 11.1. The topological polar surface area (TPSA) is 44.9 Å². The van der Waals surface area contributed by atoms with Gasteiger partial charge in [0, 0.05) is 22.0 Å². The van der Waals surface area contributed by atoms with Crippen LogP contribution in [0.3, 0.4) is 0 Å². The highest BCUT2D eigenvalue weighted by molar-refractivity contribution is 6.31. The number of benzene rings is 1. The number of halogens is 1. The Morgan fingerprint density at radius 1 is 1.38 bits per heavy atom. The van der Waals surface area contributed by atoms with Crippen molar-refractivity contribution in [1.29, 1.82) is 0 Å². The number of amides is 1. The summed E-state index contributed by atoms with van der Waals surface area (Å²) in [6.45, 7) is 0. The summed E-state index contributed by atoms with van der Waals surface area (Å²) in [4.78, 5) is 14.9. The summed E-state index contributed by atoms with van der Waals surface area (Å²) in [6, 6.07) is 7.75. The Kier molecular flexibility index (Phi) is 2.14. The third-order valence-electron chi connectivity index (χ3n) is 2.74. The molecule has 1 aromatic heterocycles. The molecule has 1 saturated carbocycles. The number of nitrogens with one attached hydrogen (secondary N) is 2. The fourth-order valence-corrected chi connectivity index (χ4v) is 1.90. The fourth-order valence-electron chi connectivity index (χ4n) is 1.72. The van der Waals surface area contributed by atoms with E-state index in [1.54, 1.807) is 0 Å². The van der Waals surface area contributed by atoms with E-state index < -0.39 is 0 Å². The van der Waals surface area contributed by atoms with Gasteiger partial charge < -0.3 is 10.3 Å². The van der Waals surface area contributed by atoms with Crippen molar-refractivity contribution in [2.24, 2.45) is 0 Å². The average molecular weight is 235 g/mol. The molecular formula is C12H11ClN2O. The smallest absolute Gasteiger partial charge is 0.267 e. The third-order valence-corrected chi connectivity index (χ3v) is 2.98. The van der Waals surface area contributed by atoms with Crippen LogP contribution < -0.4 is 5.32 Å². The van der Waals surface area contributed by atoms with E-state index in [9.17, 15) is 4.79 Å². The first kappa shape index (κ1) is 9.73. The van der Waals surface area contributed by atoms with Crippen molar-refractivity contribution in [1.82, 2.24) is 10.3 Å². The van der Waals surface area contributed by atoms with Crippen molar-refractivity contribution in [2.75, 3.05) is 0 Å². The van der Waals surface area contributed by atoms with Crippen LogP contribution in [0.1, 0.15) is 23.3 Å². The summed E-state index contributed by atoms with van der Waals surface area (Å²) in [7, 11) is 0. The maximum Gasteiger partial charge on any atom is 0.267 e. The second-order valence-corrected chi connectivity index (χ2v) is 4.60. The van der Waals surface area contributed by atoms with Gasteiger partial charge >= 0.3 is 0 Å². The Hall–Kier alpha value is -1.48. The lowest BCUT2D eigenvalue weighted by Crippen LogP contribution is -2.25. The second kappa shape index (κ2) is 3.52. The molecule has 1 amide bonds. The van der Waals surface area contributed by atoms with Crippen LogP contribution in [0.5, 0.6) is 0 Å². The minimum Gasteiger partial charge on any atom is -0.351 e. The summed E-state index contributed by atoms with van der Waals surface area (Å²) in [6.07, 6.45) is 2.19. The number of hydrogen-bond donors (Lipinski definition) is 2. The first-order valence-electron chi connectivity index (χ1n) is 5.31. The van der Waals surface area contributed by atoms with Gasteiger partial charge in [-0.1, -0.05) is 11.6 Å². The summed E-state index contributed by atoms with van der Waals surface area (Å²) < 4.78 is 0. The molecule has 2 N–H and O–H groups in total. The molecule has 3 nitrogen and oxygen atoms in total. The molecule has 1 aliphatic carbocycles. The molecule has 1 aliphatic rings. The van der Waals surface area contributed by atoms with Gasteiger partial charge in [-0.05, 0) is 37.1 Å². The maximum atomic E-state index is 11.8. The molecule has 0 spiro atoms. The molecule has 0 aliphatic heterocycles. The molecule has 0 unspecified atom stereocenters. The quantitative estimate of drug-likeness (QED) is 0.825. The molecule has 0 atom stereocenters. The highest BCUT2D eigenvalue weighted by Crippen LogP contribution is 2.22. The van der Waals surface area contributed by atoms with Crippen LogP contribution in [0.4, 0.5) is 0 Å². The van der Waals surface area contributed by atoms with E-state index in [0.29, 0.717) is 16.8 Å². The molecule has 1 aromatic carbocycles. The first-order valence-corrected chi connectivity index (χ1v) is 5.69. The number of aromatic amines is 1. The van der Waals surface area contributed by atoms with Gasteiger partial charge in [0.1, 0.15) is 5.69 Å². The maximum absolute atomic E-state index is 11.8. The number of carbonyl (C=O) groups is 1. The Bertz CT molecular complexity index is 557. The Balaban J connectivity index is 1.94. The van der Waals surface area contributed by atoms with Gasteiger partial charge in [0.05, 0.1) is 0 Å². The van der Waals surface area contributed by atoms with Crippen molar-refractivity contribution < 1.29 is 4.79 Å². The first-order chi connectivity index (χ1) is 7.72. The van der Waals surface area contributed by atoms with E-state index in [1.807, 2.05) is 24.3 Å². The van der Waals surface area contributed by atoms with Gasteiger partial charge in [0.15, 0.2) is 0 Å². The molecule has 0 radical (unpaired) electrons. The van der Waals surface area contributed by atoms with Gasteiger partial charge in [0.2, 0.25) is 0 Å². The lowest BCUT2D eigenvalue weighted by molar-refractivity contribution is 0.0947. The lowest BCUT2D eigenvalue weighted by Gasteiger charge is -1.98. The minimum absolute atomic E-state index is 0.0326. The van der Waals surface area contributed by atoms with Gasteiger partial charge in [-0.3, -0.25) is 4.79 Å². The Morgan fingerprint density at radius 2 is 2.19 bits per heavy atom. The second-order valence-electron chi connectivity index (χ2n) is 4.16. The largest absolute Gasteiger partial charge is 0.351 e. The van der Waals surface area contributed by atoms with Gasteiger partial charge in [-0.15, -0.1) is 0 Å². The van der Waals surface area contributed by atoms with Gasteiger partial charge in [-0.25, -0.2) is 0 Å². The Labute approximate surface area is 97.8 Å². The van der Waals surface area contributed by atoms with E-state index in [1.165, 1.54) is 0 Å². The predicted octanol–water partition coefficient (Wildman–Crippen LogP) is 2.71. The van der Waals surface area contributed by atoms with E-state index in [-0.39, 0.29) is 5.91 Å². The average Bonchev–Trinajstić information content (AvgIpc) is 2.95. The van der Waals surface area contributed by atoms with E-state index in [0.717, 1.165) is 23.7 Å². The number of carbonyl (C=O) groups excluding carboxylic acids is 1. The SMILES string of the molecule is O=C(NC1CC1)c1cc2cc(Cl)ccc2[nH]1. The fraction of sp³-hybridized carbons (Fsp3) is 0.250. The number of fused-ring (bicyclic) bond motifs is 1. The third kappa shape index (κ3) is 1.78. The molecule has 1 fully saturated rings. The van der Waals surface area contributed by atoms with E-state index in [4.69, 9.17) is 11.6 Å². The minimum atomic E-state index is -0.0326. The lowest BCUT2D eigenvalue weighted by atomic mass is 10.2. The molecule has 0 bridgehead atoms. The molecule has 1 heterocycles. The van der Waals surface area contributed by atoms with Crippen molar-refractivity contribution in [2.45, 2.75) is 18.9 Å². The molecular weight excluding hydrogens is 224 g/mol. The molecule has 82 valence electrons. The number of aromatic nitrogens is 1. The van der Waals surface area contributed by atoms with Crippen LogP contribution in [0, 0.1) is 0 Å². The van der Waals surface area contributed by atoms with Crippen LogP contribution in [0.15, 0.2) is 24.3 Å². The van der Waals surface area contributed by atoms with Crippen molar-refractivity contribution in [3.8, 4) is 0 Å².